The smallest absolute Gasteiger partial charge is 0.351 e. The van der Waals surface area contributed by atoms with E-state index in [1.807, 2.05) is 0 Å². The third-order valence-electron chi connectivity index (χ3n) is 5.51. The molecule has 1 aromatic carbocycles. The molecule has 1 aliphatic heterocycles. The van der Waals surface area contributed by atoms with Gasteiger partial charge in [-0.05, 0) is 37.3 Å². The van der Waals surface area contributed by atoms with Gasteiger partial charge in [0.1, 0.15) is 11.6 Å². The number of rotatable bonds is 2. The molecule has 0 aliphatic carbocycles. The lowest BCUT2D eigenvalue weighted by molar-refractivity contribution is -0.137. The zero-order valence-corrected chi connectivity index (χ0v) is 16.7. The molecule has 1 unspecified atom stereocenters. The molecule has 2 N–H and O–H groups in total. The van der Waals surface area contributed by atoms with Gasteiger partial charge in [0.15, 0.2) is 11.3 Å². The van der Waals surface area contributed by atoms with Gasteiger partial charge in [0, 0.05) is 17.1 Å². The molecule has 0 saturated carbocycles. The molecule has 32 heavy (non-hydrogen) atoms. The Morgan fingerprint density at radius 2 is 2.00 bits per heavy atom. The van der Waals surface area contributed by atoms with Crippen LogP contribution in [0.25, 0.3) is 22.4 Å². The van der Waals surface area contributed by atoms with E-state index in [1.54, 1.807) is 11.6 Å². The highest BCUT2D eigenvalue weighted by molar-refractivity contribution is 5.82. The lowest BCUT2D eigenvalue weighted by Gasteiger charge is -2.23. The highest BCUT2D eigenvalue weighted by Gasteiger charge is 2.31. The Hall–Kier alpha value is -3.60. The average molecular weight is 444 g/mol. The first-order valence-corrected chi connectivity index (χ1v) is 9.73. The predicted octanol–water partition coefficient (Wildman–Crippen LogP) is 3.49. The summed E-state index contributed by atoms with van der Waals surface area (Å²) < 4.78 is 53.5. The van der Waals surface area contributed by atoms with Crippen LogP contribution in [-0.2, 0) is 19.3 Å². The van der Waals surface area contributed by atoms with E-state index in [1.165, 1.54) is 24.3 Å². The molecular formula is C21H16F4N6O. The van der Waals surface area contributed by atoms with Crippen LogP contribution in [0.4, 0.5) is 17.6 Å². The molecule has 3 aromatic heterocycles. The predicted molar refractivity (Wildman–Crippen MR) is 107 cm³/mol. The summed E-state index contributed by atoms with van der Waals surface area (Å²) in [6.07, 6.45) is -3.63. The number of nitrogens with zero attached hydrogens (tertiary/aromatic N) is 4. The Bertz CT molecular complexity index is 1390. The monoisotopic (exact) mass is 444 g/mol. The highest BCUT2D eigenvalue weighted by Crippen LogP contribution is 2.30. The van der Waals surface area contributed by atoms with Gasteiger partial charge in [0.2, 0.25) is 0 Å². The van der Waals surface area contributed by atoms with Crippen molar-refractivity contribution in [1.29, 1.82) is 0 Å². The number of nitrogens with one attached hydrogen (secondary N) is 2. The van der Waals surface area contributed by atoms with E-state index >= 15 is 0 Å². The normalized spacial score (nSPS) is 16.3. The first-order chi connectivity index (χ1) is 15.2. The average Bonchev–Trinajstić information content (AvgIpc) is 3.19. The largest absolute Gasteiger partial charge is 0.417 e. The second-order valence-electron chi connectivity index (χ2n) is 7.58. The third kappa shape index (κ3) is 3.44. The molecule has 0 amide bonds. The summed E-state index contributed by atoms with van der Waals surface area (Å²) in [5.74, 6) is 0.422. The van der Waals surface area contributed by atoms with Crippen molar-refractivity contribution < 1.29 is 17.6 Å². The lowest BCUT2D eigenvalue weighted by Crippen LogP contribution is -2.33. The Morgan fingerprint density at radius 3 is 2.72 bits per heavy atom. The van der Waals surface area contributed by atoms with Gasteiger partial charge in [-0.25, -0.2) is 14.1 Å². The van der Waals surface area contributed by atoms with Crippen LogP contribution in [0.5, 0.6) is 0 Å². The number of aromatic amines is 1. The van der Waals surface area contributed by atoms with E-state index in [2.05, 4.69) is 25.4 Å². The first kappa shape index (κ1) is 20.3. The lowest BCUT2D eigenvalue weighted by atomic mass is 10.1. The van der Waals surface area contributed by atoms with E-state index in [0.717, 1.165) is 12.3 Å². The maximum absolute atomic E-state index is 13.5. The molecule has 0 spiro atoms. The van der Waals surface area contributed by atoms with Crippen LogP contribution in [0.3, 0.4) is 0 Å². The molecule has 1 atom stereocenters. The minimum absolute atomic E-state index is 0.241. The third-order valence-corrected chi connectivity index (χ3v) is 5.51. The zero-order chi connectivity index (χ0) is 22.6. The zero-order valence-electron chi connectivity index (χ0n) is 16.7. The van der Waals surface area contributed by atoms with Crippen molar-refractivity contribution >= 4 is 10.9 Å². The highest BCUT2D eigenvalue weighted by atomic mass is 19.4. The topological polar surface area (TPSA) is 88.5 Å². The number of fused-ring (bicyclic) bond motifs is 2. The van der Waals surface area contributed by atoms with Gasteiger partial charge in [-0.1, -0.05) is 0 Å². The Morgan fingerprint density at radius 1 is 1.19 bits per heavy atom. The standard InChI is InChI=1S/C21H16F4N6O/c1-10-18(28-14-5-3-12(22)6-13(14)19(10)32)20-29-17-8-27-16(9-31(17)30-20)15-4-2-11(7-26-15)21(23,24)25/h2-7,16,27H,8-9H2,1H3,(H,28,32). The van der Waals surface area contributed by atoms with Gasteiger partial charge in [-0.2, -0.15) is 13.2 Å². The molecule has 7 nitrogen and oxygen atoms in total. The summed E-state index contributed by atoms with van der Waals surface area (Å²) in [6, 6.07) is 5.92. The number of halogens is 4. The van der Waals surface area contributed by atoms with Crippen molar-refractivity contribution in [3.63, 3.8) is 0 Å². The van der Waals surface area contributed by atoms with Crippen LogP contribution in [0, 0.1) is 12.7 Å². The van der Waals surface area contributed by atoms with Crippen molar-refractivity contribution in [2.75, 3.05) is 0 Å². The minimum Gasteiger partial charge on any atom is -0.351 e. The molecule has 4 heterocycles. The van der Waals surface area contributed by atoms with Crippen molar-refractivity contribution in [1.82, 2.24) is 30.0 Å². The van der Waals surface area contributed by atoms with Gasteiger partial charge in [-0.15, -0.1) is 5.10 Å². The quantitative estimate of drug-likeness (QED) is 0.462. The van der Waals surface area contributed by atoms with Crippen molar-refractivity contribution in [3.8, 4) is 11.5 Å². The van der Waals surface area contributed by atoms with Crippen molar-refractivity contribution in [3.05, 3.63) is 75.2 Å². The van der Waals surface area contributed by atoms with Gasteiger partial charge < -0.3 is 10.3 Å². The summed E-state index contributed by atoms with van der Waals surface area (Å²) in [5, 5.41) is 7.93. The number of hydrogen-bond acceptors (Lipinski definition) is 5. The van der Waals surface area contributed by atoms with Crippen molar-refractivity contribution in [2.24, 2.45) is 0 Å². The van der Waals surface area contributed by atoms with Gasteiger partial charge in [0.05, 0.1) is 41.6 Å². The molecular weight excluding hydrogens is 428 g/mol. The van der Waals surface area contributed by atoms with Crippen LogP contribution < -0.4 is 10.7 Å². The molecule has 0 radical (unpaired) electrons. The number of H-pyrrole nitrogens is 1. The van der Waals surface area contributed by atoms with Crippen LogP contribution in [0.1, 0.15) is 28.7 Å². The summed E-state index contributed by atoms with van der Waals surface area (Å²) in [7, 11) is 0. The molecule has 0 fully saturated rings. The van der Waals surface area contributed by atoms with Crippen LogP contribution >= 0.6 is 0 Å². The van der Waals surface area contributed by atoms with E-state index in [4.69, 9.17) is 0 Å². The Labute approximate surface area is 178 Å². The first-order valence-electron chi connectivity index (χ1n) is 9.73. The fourth-order valence-corrected chi connectivity index (χ4v) is 3.77. The molecule has 5 rings (SSSR count). The number of pyridine rings is 2. The molecule has 0 saturated heterocycles. The maximum atomic E-state index is 13.5. The van der Waals surface area contributed by atoms with E-state index in [-0.39, 0.29) is 16.9 Å². The second-order valence-corrected chi connectivity index (χ2v) is 7.58. The number of hydrogen-bond donors (Lipinski definition) is 2. The number of aromatic nitrogens is 5. The van der Waals surface area contributed by atoms with Crippen LogP contribution in [-0.4, -0.2) is 24.7 Å². The van der Waals surface area contributed by atoms with Gasteiger partial charge in [-0.3, -0.25) is 9.78 Å². The molecule has 0 bridgehead atoms. The Balaban J connectivity index is 1.47. The van der Waals surface area contributed by atoms with Crippen LogP contribution in [0.15, 0.2) is 41.3 Å². The van der Waals surface area contributed by atoms with Crippen molar-refractivity contribution in [2.45, 2.75) is 32.2 Å². The summed E-state index contributed by atoms with van der Waals surface area (Å²) >= 11 is 0. The van der Waals surface area contributed by atoms with Gasteiger partial charge in [0.25, 0.3) is 0 Å². The summed E-state index contributed by atoms with van der Waals surface area (Å²) in [6.45, 7) is 2.25. The maximum Gasteiger partial charge on any atom is 0.417 e. The second kappa shape index (κ2) is 7.23. The molecule has 1 aliphatic rings. The van der Waals surface area contributed by atoms with E-state index < -0.39 is 17.6 Å². The molecule has 11 heteroatoms. The SMILES string of the molecule is Cc1c(-c2nc3n(n2)CC(c2ccc(C(F)(F)F)cn2)NC3)[nH]c2ccc(F)cc2c1=O. The molecule has 164 valence electrons. The fraction of sp³-hybridized carbons (Fsp3) is 0.238. The summed E-state index contributed by atoms with van der Waals surface area (Å²) in [4.78, 5) is 24.3. The minimum atomic E-state index is -4.44. The molecule has 4 aromatic rings. The summed E-state index contributed by atoms with van der Waals surface area (Å²) in [5.41, 5.74) is 0.593. The fourth-order valence-electron chi connectivity index (χ4n) is 3.77. The van der Waals surface area contributed by atoms with E-state index in [9.17, 15) is 22.4 Å². The Kier molecular flexibility index (Phi) is 4.59. The van der Waals surface area contributed by atoms with Gasteiger partial charge >= 0.3 is 6.18 Å². The number of alkyl halides is 3. The van der Waals surface area contributed by atoms with E-state index in [0.29, 0.717) is 47.2 Å². The number of benzene rings is 1. The van der Waals surface area contributed by atoms with Crippen LogP contribution in [0.2, 0.25) is 0 Å².